The van der Waals surface area contributed by atoms with Crippen LogP contribution in [0, 0.1) is 5.92 Å². The van der Waals surface area contributed by atoms with E-state index in [0.29, 0.717) is 26.0 Å². The zero-order valence-electron chi connectivity index (χ0n) is 16.8. The van der Waals surface area contributed by atoms with Gasteiger partial charge in [-0.15, -0.1) is 0 Å². The Balaban J connectivity index is 1.59. The van der Waals surface area contributed by atoms with Gasteiger partial charge >= 0.3 is 17.8 Å². The molecule has 2 atom stereocenters. The maximum atomic E-state index is 12.6. The number of rotatable bonds is 4. The minimum atomic E-state index is -0.616. The van der Waals surface area contributed by atoms with Gasteiger partial charge in [-0.25, -0.2) is 0 Å². The molecule has 0 spiro atoms. The SMILES string of the molecule is CCOC(=O)C1CCCN(C(=O)C(=O)NC(C)c2ccc3c(c2)CCCC3)C1. The largest absolute Gasteiger partial charge is 0.466 e. The lowest BCUT2D eigenvalue weighted by molar-refractivity contribution is -0.154. The fraction of sp³-hybridized carbons (Fsp3) is 0.591. The third-order valence-corrected chi connectivity index (χ3v) is 5.74. The Kier molecular flexibility index (Phi) is 6.70. The van der Waals surface area contributed by atoms with E-state index in [2.05, 4.69) is 17.4 Å². The second kappa shape index (κ2) is 9.22. The van der Waals surface area contributed by atoms with Crippen molar-refractivity contribution in [2.45, 2.75) is 58.4 Å². The molecule has 1 aliphatic carbocycles. The van der Waals surface area contributed by atoms with Crippen molar-refractivity contribution >= 4 is 17.8 Å². The number of aryl methyl sites for hydroxylation is 2. The highest BCUT2D eigenvalue weighted by atomic mass is 16.5. The molecule has 3 rings (SSSR count). The van der Waals surface area contributed by atoms with Gasteiger partial charge in [0, 0.05) is 13.1 Å². The third kappa shape index (κ3) is 4.72. The van der Waals surface area contributed by atoms with E-state index in [1.165, 1.54) is 28.9 Å². The molecular formula is C22H30N2O4. The Morgan fingerprint density at radius 2 is 1.93 bits per heavy atom. The van der Waals surface area contributed by atoms with Crippen LogP contribution in [0.15, 0.2) is 18.2 Å². The Labute approximate surface area is 166 Å². The lowest BCUT2D eigenvalue weighted by Crippen LogP contribution is -2.49. The summed E-state index contributed by atoms with van der Waals surface area (Å²) in [4.78, 5) is 38.5. The summed E-state index contributed by atoms with van der Waals surface area (Å²) in [6, 6.07) is 6.09. The number of hydrogen-bond acceptors (Lipinski definition) is 4. The molecule has 6 nitrogen and oxygen atoms in total. The number of piperidine rings is 1. The topological polar surface area (TPSA) is 75.7 Å². The lowest BCUT2D eigenvalue weighted by Gasteiger charge is -2.31. The Bertz CT molecular complexity index is 746. The van der Waals surface area contributed by atoms with E-state index in [0.717, 1.165) is 18.4 Å². The molecule has 1 N–H and O–H groups in total. The average molecular weight is 386 g/mol. The first-order chi connectivity index (χ1) is 13.5. The number of ether oxygens (including phenoxy) is 1. The van der Waals surface area contributed by atoms with Crippen LogP contribution in [-0.2, 0) is 32.0 Å². The van der Waals surface area contributed by atoms with Crippen LogP contribution in [0.1, 0.15) is 62.3 Å². The first-order valence-corrected chi connectivity index (χ1v) is 10.4. The number of nitrogens with zero attached hydrogens (tertiary/aromatic N) is 1. The van der Waals surface area contributed by atoms with Gasteiger partial charge in [-0.05, 0) is 69.1 Å². The normalized spacial score (nSPS) is 20.1. The summed E-state index contributed by atoms with van der Waals surface area (Å²) in [6.45, 7) is 4.72. The fourth-order valence-corrected chi connectivity index (χ4v) is 4.12. The molecule has 0 aromatic heterocycles. The van der Waals surface area contributed by atoms with Gasteiger partial charge in [0.25, 0.3) is 0 Å². The summed E-state index contributed by atoms with van der Waals surface area (Å²) in [6.07, 6.45) is 6.01. The number of amides is 2. The van der Waals surface area contributed by atoms with E-state index in [1.54, 1.807) is 6.92 Å². The van der Waals surface area contributed by atoms with Gasteiger partial charge in [0.1, 0.15) is 0 Å². The first kappa shape index (κ1) is 20.4. The molecule has 1 aromatic rings. The molecule has 2 aliphatic rings. The second-order valence-electron chi connectivity index (χ2n) is 7.77. The smallest absolute Gasteiger partial charge is 0.311 e. The van der Waals surface area contributed by atoms with Crippen molar-refractivity contribution < 1.29 is 19.1 Å². The van der Waals surface area contributed by atoms with Crippen LogP contribution in [0.3, 0.4) is 0 Å². The molecule has 0 saturated carbocycles. The first-order valence-electron chi connectivity index (χ1n) is 10.4. The van der Waals surface area contributed by atoms with Crippen molar-refractivity contribution in [3.8, 4) is 0 Å². The predicted octanol–water partition coefficient (Wildman–Crippen LogP) is 2.54. The number of hydrogen-bond donors (Lipinski definition) is 1. The molecule has 1 heterocycles. The zero-order valence-corrected chi connectivity index (χ0v) is 16.8. The molecule has 0 radical (unpaired) electrons. The van der Waals surface area contributed by atoms with Crippen molar-refractivity contribution in [1.29, 1.82) is 0 Å². The quantitative estimate of drug-likeness (QED) is 0.637. The summed E-state index contributed by atoms with van der Waals surface area (Å²) < 4.78 is 5.06. The monoisotopic (exact) mass is 386 g/mol. The maximum Gasteiger partial charge on any atom is 0.311 e. The number of benzene rings is 1. The van der Waals surface area contributed by atoms with Crippen LogP contribution in [0.4, 0.5) is 0 Å². The summed E-state index contributed by atoms with van der Waals surface area (Å²) in [5.74, 6) is -1.82. The summed E-state index contributed by atoms with van der Waals surface area (Å²) in [5.41, 5.74) is 3.76. The zero-order chi connectivity index (χ0) is 20.1. The lowest BCUT2D eigenvalue weighted by atomic mass is 9.89. The number of likely N-dealkylation sites (tertiary alicyclic amines) is 1. The minimum Gasteiger partial charge on any atom is -0.466 e. The molecule has 6 heteroatoms. The predicted molar refractivity (Wildman–Crippen MR) is 106 cm³/mol. The van der Waals surface area contributed by atoms with Crippen molar-refractivity contribution in [2.75, 3.05) is 19.7 Å². The van der Waals surface area contributed by atoms with E-state index in [-0.39, 0.29) is 24.5 Å². The molecule has 1 aliphatic heterocycles. The maximum absolute atomic E-state index is 12.6. The van der Waals surface area contributed by atoms with E-state index >= 15 is 0 Å². The Hall–Kier alpha value is -2.37. The molecule has 1 fully saturated rings. The molecule has 2 amide bonds. The Morgan fingerprint density at radius 1 is 1.18 bits per heavy atom. The van der Waals surface area contributed by atoms with Crippen LogP contribution in [0.5, 0.6) is 0 Å². The molecule has 0 bridgehead atoms. The van der Waals surface area contributed by atoms with Gasteiger partial charge in [-0.1, -0.05) is 18.2 Å². The van der Waals surface area contributed by atoms with Crippen molar-refractivity contribution in [3.63, 3.8) is 0 Å². The summed E-state index contributed by atoms with van der Waals surface area (Å²) in [7, 11) is 0. The van der Waals surface area contributed by atoms with Crippen LogP contribution < -0.4 is 5.32 Å². The summed E-state index contributed by atoms with van der Waals surface area (Å²) >= 11 is 0. The highest BCUT2D eigenvalue weighted by Crippen LogP contribution is 2.25. The van der Waals surface area contributed by atoms with E-state index in [9.17, 15) is 14.4 Å². The number of fused-ring (bicyclic) bond motifs is 1. The standard InChI is InChI=1S/C22H30N2O4/c1-3-28-22(27)19-9-6-12-24(14-19)21(26)20(25)23-15(2)17-11-10-16-7-4-5-8-18(16)13-17/h10-11,13,15,19H,3-9,12,14H2,1-2H3,(H,23,25). The number of carbonyl (C=O) groups excluding carboxylic acids is 3. The highest BCUT2D eigenvalue weighted by Gasteiger charge is 2.32. The molecule has 152 valence electrons. The van der Waals surface area contributed by atoms with Gasteiger partial charge in [0.2, 0.25) is 0 Å². The molecule has 2 unspecified atom stereocenters. The van der Waals surface area contributed by atoms with Gasteiger partial charge in [0.05, 0.1) is 18.6 Å². The highest BCUT2D eigenvalue weighted by molar-refractivity contribution is 6.35. The Morgan fingerprint density at radius 3 is 2.68 bits per heavy atom. The van der Waals surface area contributed by atoms with Gasteiger partial charge < -0.3 is 15.0 Å². The van der Waals surface area contributed by atoms with Crippen molar-refractivity contribution in [1.82, 2.24) is 10.2 Å². The van der Waals surface area contributed by atoms with Crippen LogP contribution in [-0.4, -0.2) is 42.4 Å². The molecule has 28 heavy (non-hydrogen) atoms. The second-order valence-corrected chi connectivity index (χ2v) is 7.77. The minimum absolute atomic E-state index is 0.241. The average Bonchev–Trinajstić information content (AvgIpc) is 2.73. The number of esters is 1. The number of nitrogens with one attached hydrogen (secondary N) is 1. The number of carbonyl (C=O) groups is 3. The van der Waals surface area contributed by atoms with Crippen LogP contribution in [0.25, 0.3) is 0 Å². The third-order valence-electron chi connectivity index (χ3n) is 5.74. The van der Waals surface area contributed by atoms with Crippen LogP contribution in [0.2, 0.25) is 0 Å². The van der Waals surface area contributed by atoms with E-state index in [4.69, 9.17) is 4.74 Å². The van der Waals surface area contributed by atoms with Gasteiger partial charge in [-0.3, -0.25) is 14.4 Å². The molecule has 1 saturated heterocycles. The van der Waals surface area contributed by atoms with E-state index in [1.807, 2.05) is 13.0 Å². The summed E-state index contributed by atoms with van der Waals surface area (Å²) in [5, 5.41) is 2.82. The van der Waals surface area contributed by atoms with Gasteiger partial charge in [0.15, 0.2) is 0 Å². The van der Waals surface area contributed by atoms with Crippen LogP contribution >= 0.6 is 0 Å². The molecule has 1 aromatic carbocycles. The van der Waals surface area contributed by atoms with E-state index < -0.39 is 11.8 Å². The fourth-order valence-electron chi connectivity index (χ4n) is 4.12. The molecular weight excluding hydrogens is 356 g/mol. The van der Waals surface area contributed by atoms with Gasteiger partial charge in [-0.2, -0.15) is 0 Å². The van der Waals surface area contributed by atoms with Crippen molar-refractivity contribution in [2.24, 2.45) is 5.92 Å². The van der Waals surface area contributed by atoms with Crippen molar-refractivity contribution in [3.05, 3.63) is 34.9 Å².